The summed E-state index contributed by atoms with van der Waals surface area (Å²) in [5, 5.41) is 0. The van der Waals surface area contributed by atoms with Crippen molar-refractivity contribution in [2.24, 2.45) is 0 Å². The van der Waals surface area contributed by atoms with Crippen molar-refractivity contribution in [1.29, 1.82) is 0 Å². The zero-order valence-corrected chi connectivity index (χ0v) is 15.2. The fourth-order valence-electron chi connectivity index (χ4n) is 2.05. The monoisotopic (exact) mass is 362 g/mol. The Bertz CT molecular complexity index is 561. The first kappa shape index (κ1) is 16.4. The quantitative estimate of drug-likeness (QED) is 0.500. The van der Waals surface area contributed by atoms with Crippen molar-refractivity contribution in [2.45, 2.75) is 31.6 Å². The Morgan fingerprint density at radius 1 is 0.952 bits per heavy atom. The molecule has 0 aliphatic rings. The van der Waals surface area contributed by atoms with Crippen molar-refractivity contribution in [2.75, 3.05) is 5.75 Å². The first-order valence-corrected chi connectivity index (χ1v) is 10.1. The molecule has 0 aliphatic heterocycles. The number of hydrogen-bond acceptors (Lipinski definition) is 1. The fourth-order valence-corrected chi connectivity index (χ4v) is 5.54. The normalized spacial score (nSPS) is 12.1. The zero-order valence-electron chi connectivity index (χ0n) is 12.7. The van der Waals surface area contributed by atoms with Crippen LogP contribution in [-0.4, -0.2) is 20.7 Å². The van der Waals surface area contributed by atoms with Gasteiger partial charge in [0.1, 0.15) is 0 Å². The molecular weight excluding hydrogens is 339 g/mol. The van der Waals surface area contributed by atoms with Crippen LogP contribution in [-0.2, 0) is 0 Å². The van der Waals surface area contributed by atoms with Crippen LogP contribution in [0.1, 0.15) is 26.7 Å². The van der Waals surface area contributed by atoms with Gasteiger partial charge in [-0.25, -0.2) is 0 Å². The summed E-state index contributed by atoms with van der Waals surface area (Å²) in [6.45, 7) is 4.58. The van der Waals surface area contributed by atoms with Crippen LogP contribution in [0.2, 0.25) is 0 Å². The molecule has 0 bridgehead atoms. The second-order valence-corrected chi connectivity index (χ2v) is 8.47. The van der Waals surface area contributed by atoms with Crippen LogP contribution in [0.4, 0.5) is 0 Å². The molecule has 0 N–H and O–H groups in total. The van der Waals surface area contributed by atoms with E-state index in [2.05, 4.69) is 74.5 Å². The molecule has 0 radical (unpaired) electrons. The Kier molecular flexibility index (Phi) is 7.15. The Hall–Kier alpha value is -0.951. The molecule has 0 unspecified atom stereocenters. The fraction of sp³-hybridized carbons (Fsp3) is 0.263. The molecule has 2 aromatic carbocycles. The van der Waals surface area contributed by atoms with E-state index in [0.29, 0.717) is 15.0 Å². The molecule has 0 amide bonds. The third kappa shape index (κ3) is 5.74. The Morgan fingerprint density at radius 2 is 1.57 bits per heavy atom. The number of allylic oxidation sites excluding steroid dienone is 1. The van der Waals surface area contributed by atoms with Crippen molar-refractivity contribution >= 4 is 31.2 Å². The minimum atomic E-state index is 0.447. The molecule has 0 saturated carbocycles. The maximum absolute atomic E-state index is 2.31. The Morgan fingerprint density at radius 3 is 2.19 bits per heavy atom. The SMILES string of the molecule is CCC/C(C)=C(\CSc1ccccc1)[Se]c1ccccc1. The average Bonchev–Trinajstić information content (AvgIpc) is 2.53. The maximum atomic E-state index is 2.31. The zero-order chi connectivity index (χ0) is 14.9. The third-order valence-corrected chi connectivity index (χ3v) is 7.27. The molecule has 0 nitrogen and oxygen atoms in total. The van der Waals surface area contributed by atoms with Crippen LogP contribution in [0.25, 0.3) is 0 Å². The van der Waals surface area contributed by atoms with Gasteiger partial charge >= 0.3 is 139 Å². The average molecular weight is 361 g/mol. The van der Waals surface area contributed by atoms with Gasteiger partial charge in [0.15, 0.2) is 0 Å². The third-order valence-electron chi connectivity index (χ3n) is 3.20. The standard InChI is InChI=1S/C19H22SSe/c1-3-10-16(2)19(21-18-13-8-5-9-14-18)15-20-17-11-6-4-7-12-17/h4-9,11-14H,3,10,15H2,1-2H3/b19-16+. The summed E-state index contributed by atoms with van der Waals surface area (Å²) in [4.78, 5) is 1.36. The van der Waals surface area contributed by atoms with E-state index in [0.717, 1.165) is 5.75 Å². The summed E-state index contributed by atoms with van der Waals surface area (Å²) < 4.78 is 3.12. The molecule has 2 rings (SSSR count). The van der Waals surface area contributed by atoms with Gasteiger partial charge in [0, 0.05) is 0 Å². The van der Waals surface area contributed by atoms with Gasteiger partial charge in [-0.1, -0.05) is 0 Å². The van der Waals surface area contributed by atoms with Gasteiger partial charge in [0.05, 0.1) is 0 Å². The predicted octanol–water partition coefficient (Wildman–Crippen LogP) is 4.88. The van der Waals surface area contributed by atoms with Gasteiger partial charge in [-0.05, 0) is 0 Å². The number of benzene rings is 2. The molecule has 0 aliphatic carbocycles. The molecule has 21 heavy (non-hydrogen) atoms. The predicted molar refractivity (Wildman–Crippen MR) is 96.6 cm³/mol. The van der Waals surface area contributed by atoms with E-state index >= 15 is 0 Å². The van der Waals surface area contributed by atoms with E-state index < -0.39 is 0 Å². The van der Waals surface area contributed by atoms with Crippen LogP contribution in [0, 0.1) is 0 Å². The van der Waals surface area contributed by atoms with E-state index in [1.54, 1.807) is 10.0 Å². The Balaban J connectivity index is 2.08. The second kappa shape index (κ2) is 9.15. The molecule has 0 spiro atoms. The van der Waals surface area contributed by atoms with Crippen molar-refractivity contribution < 1.29 is 0 Å². The molecular formula is C19H22SSe. The number of rotatable bonds is 7. The molecule has 2 heteroatoms. The van der Waals surface area contributed by atoms with Gasteiger partial charge in [0.25, 0.3) is 0 Å². The molecule has 0 fully saturated rings. The molecule has 0 aromatic heterocycles. The van der Waals surface area contributed by atoms with Crippen LogP contribution >= 0.6 is 11.8 Å². The van der Waals surface area contributed by atoms with Gasteiger partial charge < -0.3 is 0 Å². The molecule has 0 saturated heterocycles. The molecule has 2 aromatic rings. The van der Waals surface area contributed by atoms with E-state index in [-0.39, 0.29) is 0 Å². The summed E-state index contributed by atoms with van der Waals surface area (Å²) in [6.07, 6.45) is 2.45. The number of thioether (sulfide) groups is 1. The van der Waals surface area contributed by atoms with Crippen LogP contribution < -0.4 is 4.46 Å². The van der Waals surface area contributed by atoms with Gasteiger partial charge in [-0.15, -0.1) is 0 Å². The van der Waals surface area contributed by atoms with Crippen LogP contribution in [0.3, 0.4) is 0 Å². The van der Waals surface area contributed by atoms with E-state index in [1.165, 1.54) is 22.2 Å². The summed E-state index contributed by atoms with van der Waals surface area (Å²) >= 11 is 2.41. The van der Waals surface area contributed by atoms with Crippen LogP contribution in [0.5, 0.6) is 0 Å². The van der Waals surface area contributed by atoms with Gasteiger partial charge in [0.2, 0.25) is 0 Å². The summed E-state index contributed by atoms with van der Waals surface area (Å²) in [5.41, 5.74) is 1.59. The summed E-state index contributed by atoms with van der Waals surface area (Å²) in [7, 11) is 0. The van der Waals surface area contributed by atoms with E-state index in [4.69, 9.17) is 0 Å². The van der Waals surface area contributed by atoms with Crippen molar-refractivity contribution in [3.05, 3.63) is 70.7 Å². The van der Waals surface area contributed by atoms with Gasteiger partial charge in [-0.3, -0.25) is 0 Å². The van der Waals surface area contributed by atoms with E-state index in [9.17, 15) is 0 Å². The van der Waals surface area contributed by atoms with Gasteiger partial charge in [-0.2, -0.15) is 0 Å². The molecule has 0 heterocycles. The Labute approximate surface area is 139 Å². The minimum absolute atomic E-state index is 0.447. The van der Waals surface area contributed by atoms with E-state index in [1.807, 2.05) is 11.8 Å². The molecule has 110 valence electrons. The van der Waals surface area contributed by atoms with Crippen molar-refractivity contribution in [3.63, 3.8) is 0 Å². The first-order chi connectivity index (χ1) is 10.3. The second-order valence-electron chi connectivity index (χ2n) is 4.97. The summed E-state index contributed by atoms with van der Waals surface area (Å²) in [6, 6.07) is 21.6. The molecule has 0 atom stereocenters. The van der Waals surface area contributed by atoms with Crippen molar-refractivity contribution in [3.8, 4) is 0 Å². The topological polar surface area (TPSA) is 0 Å². The number of hydrogen-bond donors (Lipinski definition) is 0. The first-order valence-electron chi connectivity index (χ1n) is 7.39. The summed E-state index contributed by atoms with van der Waals surface area (Å²) in [5.74, 6) is 1.12. The van der Waals surface area contributed by atoms with Crippen LogP contribution in [0.15, 0.2) is 75.6 Å². The van der Waals surface area contributed by atoms with Crippen molar-refractivity contribution in [1.82, 2.24) is 0 Å².